The van der Waals surface area contributed by atoms with Crippen LogP contribution in [0.1, 0.15) is 50.5 Å². The highest BCUT2D eigenvalue weighted by Gasteiger charge is 2.36. The summed E-state index contributed by atoms with van der Waals surface area (Å²) in [7, 11) is -3.78. The van der Waals surface area contributed by atoms with Gasteiger partial charge in [-0.2, -0.15) is 0 Å². The van der Waals surface area contributed by atoms with Gasteiger partial charge in [0.25, 0.3) is 0 Å². The highest BCUT2D eigenvalue weighted by molar-refractivity contribution is 7.90. The van der Waals surface area contributed by atoms with E-state index in [0.717, 1.165) is 17.7 Å². The maximum Gasteiger partial charge on any atom is 0.243 e. The molecule has 0 aromatic carbocycles. The average molecular weight is 428 g/mol. The average Bonchev–Trinajstić information content (AvgIpc) is 3.41. The first-order valence-electron chi connectivity index (χ1n) is 9.95. The number of rotatable bonds is 8. The summed E-state index contributed by atoms with van der Waals surface area (Å²) in [6, 6.07) is 0. The van der Waals surface area contributed by atoms with E-state index >= 15 is 0 Å². The summed E-state index contributed by atoms with van der Waals surface area (Å²) in [5.74, 6) is -0.244. The molecule has 1 atom stereocenters. The summed E-state index contributed by atoms with van der Waals surface area (Å²) in [6.45, 7) is 6.62. The summed E-state index contributed by atoms with van der Waals surface area (Å²) in [6.07, 6.45) is 3.42. The van der Waals surface area contributed by atoms with E-state index in [1.54, 1.807) is 0 Å². The van der Waals surface area contributed by atoms with Gasteiger partial charge in [0.05, 0.1) is 0 Å². The molecule has 1 fully saturated rings. The molecule has 3 rings (SSSR count). The Morgan fingerprint density at radius 1 is 1.14 bits per heavy atom. The van der Waals surface area contributed by atoms with Crippen molar-refractivity contribution in [2.24, 2.45) is 17.8 Å². The highest BCUT2D eigenvalue weighted by Crippen LogP contribution is 2.43. The fourth-order valence-electron chi connectivity index (χ4n) is 3.37. The van der Waals surface area contributed by atoms with Crippen LogP contribution < -0.4 is 15.4 Å². The minimum atomic E-state index is -3.78. The van der Waals surface area contributed by atoms with Gasteiger partial charge in [-0.3, -0.25) is 9.59 Å². The molecule has 3 N–H and O–H groups in total. The molecule has 1 unspecified atom stereocenters. The SMILES string of the molecule is CCNC(=O)C1CCc2sc(NC(=O)C3CC3)c(S(=O)(=O)NCC(C)C)c2C1. The monoisotopic (exact) mass is 427 g/mol. The number of anilines is 1. The van der Waals surface area contributed by atoms with Gasteiger partial charge in [-0.25, -0.2) is 13.1 Å². The van der Waals surface area contributed by atoms with Gasteiger partial charge in [0, 0.05) is 29.8 Å². The molecule has 0 aliphatic heterocycles. The Kier molecular flexibility index (Phi) is 6.46. The van der Waals surface area contributed by atoms with Gasteiger partial charge in [-0.05, 0) is 50.5 Å². The molecule has 2 aliphatic carbocycles. The smallest absolute Gasteiger partial charge is 0.243 e. The fraction of sp³-hybridized carbons (Fsp3) is 0.684. The standard InChI is InChI=1S/C19H29N3O4S2/c1-4-20-17(23)13-7-8-15-14(9-13)16(28(25,26)21-10-11(2)3)19(27-15)22-18(24)12-5-6-12/h11-13,21H,4-10H2,1-3H3,(H,20,23)(H,22,24). The number of fused-ring (bicyclic) bond motifs is 1. The van der Waals surface area contributed by atoms with Crippen LogP contribution in [0.5, 0.6) is 0 Å². The molecule has 0 bridgehead atoms. The van der Waals surface area contributed by atoms with Crippen LogP contribution >= 0.6 is 11.3 Å². The Labute approximate surface area is 170 Å². The van der Waals surface area contributed by atoms with Crippen molar-refractivity contribution in [2.45, 2.75) is 57.8 Å². The van der Waals surface area contributed by atoms with Crippen LogP contribution in [0.25, 0.3) is 0 Å². The minimum Gasteiger partial charge on any atom is -0.356 e. The first-order valence-corrected chi connectivity index (χ1v) is 12.3. The second-order valence-corrected chi connectivity index (χ2v) is 10.8. The van der Waals surface area contributed by atoms with Gasteiger partial charge in [-0.1, -0.05) is 13.8 Å². The van der Waals surface area contributed by atoms with Crippen LogP contribution in [0.4, 0.5) is 5.00 Å². The molecule has 0 spiro atoms. The summed E-state index contributed by atoms with van der Waals surface area (Å²) >= 11 is 1.34. The zero-order chi connectivity index (χ0) is 20.5. The molecule has 0 radical (unpaired) electrons. The van der Waals surface area contributed by atoms with Crippen LogP contribution in [0.3, 0.4) is 0 Å². The number of carbonyl (C=O) groups excluding carboxylic acids is 2. The first kappa shape index (κ1) is 21.3. The molecule has 7 nitrogen and oxygen atoms in total. The summed E-state index contributed by atoms with van der Waals surface area (Å²) in [5, 5.41) is 6.09. The lowest BCUT2D eigenvalue weighted by Crippen LogP contribution is -2.34. The molecule has 1 aromatic heterocycles. The van der Waals surface area contributed by atoms with E-state index in [1.165, 1.54) is 11.3 Å². The fourth-order valence-corrected chi connectivity index (χ4v) is 6.56. The molecule has 2 aliphatic rings. The summed E-state index contributed by atoms with van der Waals surface area (Å²) in [5.41, 5.74) is 0.690. The Bertz CT molecular complexity index is 857. The zero-order valence-corrected chi connectivity index (χ0v) is 18.3. The van der Waals surface area contributed by atoms with E-state index in [9.17, 15) is 18.0 Å². The van der Waals surface area contributed by atoms with E-state index in [0.29, 0.717) is 42.9 Å². The van der Waals surface area contributed by atoms with Crippen molar-refractivity contribution >= 4 is 38.2 Å². The molecule has 2 amide bonds. The molecule has 1 aromatic rings. The number of aryl methyl sites for hydroxylation is 1. The lowest BCUT2D eigenvalue weighted by molar-refractivity contribution is -0.125. The molecular formula is C19H29N3O4S2. The largest absolute Gasteiger partial charge is 0.356 e. The van der Waals surface area contributed by atoms with Gasteiger partial charge in [-0.15, -0.1) is 11.3 Å². The summed E-state index contributed by atoms with van der Waals surface area (Å²) < 4.78 is 28.9. The Balaban J connectivity index is 1.95. The maximum absolute atomic E-state index is 13.1. The Morgan fingerprint density at radius 3 is 2.46 bits per heavy atom. The molecule has 156 valence electrons. The van der Waals surface area contributed by atoms with Crippen molar-refractivity contribution in [2.75, 3.05) is 18.4 Å². The lowest BCUT2D eigenvalue weighted by Gasteiger charge is -2.22. The summed E-state index contributed by atoms with van der Waals surface area (Å²) in [4.78, 5) is 25.7. The number of carbonyl (C=O) groups is 2. The first-order chi connectivity index (χ1) is 13.2. The van der Waals surface area contributed by atoms with E-state index < -0.39 is 10.0 Å². The molecule has 28 heavy (non-hydrogen) atoms. The third kappa shape index (κ3) is 4.75. The van der Waals surface area contributed by atoms with Crippen LogP contribution in [0, 0.1) is 17.8 Å². The number of hydrogen-bond acceptors (Lipinski definition) is 5. The molecular weight excluding hydrogens is 398 g/mol. The van der Waals surface area contributed by atoms with Crippen molar-refractivity contribution < 1.29 is 18.0 Å². The van der Waals surface area contributed by atoms with Crippen LogP contribution in [-0.2, 0) is 32.5 Å². The van der Waals surface area contributed by atoms with Gasteiger partial charge in [0.15, 0.2) is 0 Å². The molecule has 1 saturated carbocycles. The number of sulfonamides is 1. The van der Waals surface area contributed by atoms with Crippen LogP contribution in [0.15, 0.2) is 4.90 Å². The van der Waals surface area contributed by atoms with Crippen molar-refractivity contribution in [1.29, 1.82) is 0 Å². The Hall–Kier alpha value is -1.45. The Morgan fingerprint density at radius 2 is 1.86 bits per heavy atom. The minimum absolute atomic E-state index is 0.0126. The number of hydrogen-bond donors (Lipinski definition) is 3. The van der Waals surface area contributed by atoms with E-state index in [-0.39, 0.29) is 34.5 Å². The van der Waals surface area contributed by atoms with Crippen molar-refractivity contribution in [3.63, 3.8) is 0 Å². The zero-order valence-electron chi connectivity index (χ0n) is 16.6. The molecule has 1 heterocycles. The highest BCUT2D eigenvalue weighted by atomic mass is 32.2. The quantitative estimate of drug-likeness (QED) is 0.592. The number of nitrogens with one attached hydrogen (secondary N) is 3. The van der Waals surface area contributed by atoms with Gasteiger partial charge < -0.3 is 10.6 Å². The molecule has 0 saturated heterocycles. The van der Waals surface area contributed by atoms with Crippen LogP contribution in [-0.4, -0.2) is 33.3 Å². The van der Waals surface area contributed by atoms with Gasteiger partial charge in [0.2, 0.25) is 21.8 Å². The number of thiophene rings is 1. The van der Waals surface area contributed by atoms with E-state index in [1.807, 2.05) is 20.8 Å². The maximum atomic E-state index is 13.1. The van der Waals surface area contributed by atoms with E-state index in [4.69, 9.17) is 0 Å². The topological polar surface area (TPSA) is 104 Å². The normalized spacial score (nSPS) is 19.4. The second-order valence-electron chi connectivity index (χ2n) is 8.01. The second kappa shape index (κ2) is 8.51. The van der Waals surface area contributed by atoms with E-state index in [2.05, 4.69) is 15.4 Å². The number of amides is 2. The van der Waals surface area contributed by atoms with Crippen molar-refractivity contribution in [3.8, 4) is 0 Å². The van der Waals surface area contributed by atoms with Gasteiger partial charge >= 0.3 is 0 Å². The van der Waals surface area contributed by atoms with Crippen molar-refractivity contribution in [1.82, 2.24) is 10.0 Å². The third-order valence-electron chi connectivity index (χ3n) is 5.07. The predicted octanol–water partition coefficient (Wildman–Crippen LogP) is 2.27. The third-order valence-corrected chi connectivity index (χ3v) is 7.94. The van der Waals surface area contributed by atoms with Gasteiger partial charge in [0.1, 0.15) is 9.90 Å². The lowest BCUT2D eigenvalue weighted by atomic mass is 9.88. The van der Waals surface area contributed by atoms with Crippen molar-refractivity contribution in [3.05, 3.63) is 10.4 Å². The molecule has 9 heteroatoms. The predicted molar refractivity (Wildman–Crippen MR) is 110 cm³/mol. The van der Waals surface area contributed by atoms with Crippen LogP contribution in [0.2, 0.25) is 0 Å².